The fourth-order valence-corrected chi connectivity index (χ4v) is 0.850. The van der Waals surface area contributed by atoms with E-state index in [1.54, 1.807) is 0 Å². The number of ether oxygens (including phenoxy) is 1. The van der Waals surface area contributed by atoms with Crippen molar-refractivity contribution >= 4 is 17.7 Å². The van der Waals surface area contributed by atoms with E-state index in [1.165, 1.54) is 26.2 Å². The number of nitrogens with one attached hydrogen (secondary N) is 1. The predicted octanol–water partition coefficient (Wildman–Crippen LogP) is 1.27. The van der Waals surface area contributed by atoms with Crippen LogP contribution in [0.25, 0.3) is 0 Å². The van der Waals surface area contributed by atoms with Crippen molar-refractivity contribution in [2.45, 2.75) is 6.92 Å². The summed E-state index contributed by atoms with van der Waals surface area (Å²) in [7, 11) is 1.19. The van der Waals surface area contributed by atoms with E-state index in [1.807, 2.05) is 0 Å². The number of furan rings is 1. The maximum absolute atomic E-state index is 10.7. The number of nitro groups is 1. The molecule has 1 rings (SSSR count). The van der Waals surface area contributed by atoms with Crippen LogP contribution >= 0.6 is 0 Å². The number of hydrogen-bond acceptors (Lipinski definition) is 6. The van der Waals surface area contributed by atoms with Gasteiger partial charge in [-0.05, 0) is 13.0 Å². The van der Waals surface area contributed by atoms with Crippen LogP contribution in [0.4, 0.5) is 10.7 Å². The molecule has 8 nitrogen and oxygen atoms in total. The predicted molar refractivity (Wildman–Crippen MR) is 53.1 cm³/mol. The van der Waals surface area contributed by atoms with Gasteiger partial charge in [-0.2, -0.15) is 5.10 Å². The number of hydrogen-bond donors (Lipinski definition) is 1. The second-order valence-electron chi connectivity index (χ2n) is 2.70. The van der Waals surface area contributed by atoms with E-state index in [4.69, 9.17) is 4.42 Å². The van der Waals surface area contributed by atoms with E-state index in [0.29, 0.717) is 5.71 Å². The molecule has 0 aromatic carbocycles. The summed E-state index contributed by atoms with van der Waals surface area (Å²) in [6, 6.07) is 2.59. The van der Waals surface area contributed by atoms with Crippen molar-refractivity contribution in [3.63, 3.8) is 0 Å². The Balaban J connectivity index is 2.75. The lowest BCUT2D eigenvalue weighted by molar-refractivity contribution is -0.402. The van der Waals surface area contributed by atoms with Crippen molar-refractivity contribution in [2.24, 2.45) is 5.10 Å². The van der Waals surface area contributed by atoms with Crippen LogP contribution in [0.15, 0.2) is 21.7 Å². The van der Waals surface area contributed by atoms with E-state index in [9.17, 15) is 14.9 Å². The Kier molecular flexibility index (Phi) is 3.59. The first-order valence-electron chi connectivity index (χ1n) is 4.17. The molecule has 0 aliphatic carbocycles. The zero-order valence-corrected chi connectivity index (χ0v) is 8.59. The van der Waals surface area contributed by atoms with Crippen molar-refractivity contribution in [1.82, 2.24) is 5.43 Å². The normalized spacial score (nSPS) is 11.0. The van der Waals surface area contributed by atoms with Gasteiger partial charge in [-0.15, -0.1) is 0 Å². The molecule has 16 heavy (non-hydrogen) atoms. The fourth-order valence-electron chi connectivity index (χ4n) is 0.850. The summed E-state index contributed by atoms with van der Waals surface area (Å²) in [6.07, 6.45) is -0.736. The standard InChI is InChI=1S/C8H9N3O5/c1-5(9-10-8(12)15-2)6-3-4-7(16-6)11(13)14/h3-4H,1-2H3,(H,10,12). The summed E-state index contributed by atoms with van der Waals surface area (Å²) in [4.78, 5) is 20.4. The highest BCUT2D eigenvalue weighted by atomic mass is 16.6. The van der Waals surface area contributed by atoms with E-state index in [2.05, 4.69) is 15.3 Å². The van der Waals surface area contributed by atoms with Gasteiger partial charge in [0, 0.05) is 0 Å². The van der Waals surface area contributed by atoms with Gasteiger partial charge >= 0.3 is 12.0 Å². The zero-order valence-electron chi connectivity index (χ0n) is 8.59. The minimum Gasteiger partial charge on any atom is -0.452 e. The van der Waals surface area contributed by atoms with Crippen LogP contribution in [-0.4, -0.2) is 23.8 Å². The Labute approximate surface area is 90.0 Å². The number of carbonyl (C=O) groups is 1. The minimum atomic E-state index is -0.736. The molecule has 0 radical (unpaired) electrons. The van der Waals surface area contributed by atoms with Gasteiger partial charge in [-0.1, -0.05) is 0 Å². The van der Waals surface area contributed by atoms with Gasteiger partial charge < -0.3 is 9.15 Å². The second kappa shape index (κ2) is 4.91. The number of rotatable bonds is 3. The van der Waals surface area contributed by atoms with Crippen LogP contribution in [0, 0.1) is 10.1 Å². The summed E-state index contributed by atoms with van der Waals surface area (Å²) in [5.74, 6) is -0.189. The Hall–Kier alpha value is -2.38. The second-order valence-corrected chi connectivity index (χ2v) is 2.70. The number of amides is 1. The first-order valence-corrected chi connectivity index (χ1v) is 4.17. The number of methoxy groups -OCH3 is 1. The molecule has 86 valence electrons. The Morgan fingerprint density at radius 3 is 2.81 bits per heavy atom. The largest absolute Gasteiger partial charge is 0.452 e. The lowest BCUT2D eigenvalue weighted by atomic mass is 10.3. The van der Waals surface area contributed by atoms with Crippen molar-refractivity contribution in [1.29, 1.82) is 0 Å². The van der Waals surface area contributed by atoms with E-state index < -0.39 is 11.0 Å². The van der Waals surface area contributed by atoms with Gasteiger partial charge in [0.15, 0.2) is 5.76 Å². The maximum atomic E-state index is 10.7. The van der Waals surface area contributed by atoms with Crippen molar-refractivity contribution < 1.29 is 18.9 Å². The van der Waals surface area contributed by atoms with Crippen LogP contribution in [0.2, 0.25) is 0 Å². The third-order valence-electron chi connectivity index (χ3n) is 1.63. The molecule has 0 aliphatic rings. The Morgan fingerprint density at radius 2 is 2.31 bits per heavy atom. The van der Waals surface area contributed by atoms with Crippen LogP contribution in [-0.2, 0) is 4.74 Å². The molecule has 1 heterocycles. The summed E-state index contributed by atoms with van der Waals surface area (Å²) < 4.78 is 9.13. The molecular formula is C8H9N3O5. The topological polar surface area (TPSA) is 107 Å². The van der Waals surface area contributed by atoms with Gasteiger partial charge in [0.1, 0.15) is 10.6 Å². The van der Waals surface area contributed by atoms with Gasteiger partial charge in [0.05, 0.1) is 13.2 Å². The third-order valence-corrected chi connectivity index (χ3v) is 1.63. The molecule has 0 spiro atoms. The summed E-state index contributed by atoms with van der Waals surface area (Å²) in [5, 5.41) is 13.9. The minimum absolute atomic E-state index is 0.197. The molecule has 1 aromatic heterocycles. The summed E-state index contributed by atoms with van der Waals surface area (Å²) >= 11 is 0. The van der Waals surface area contributed by atoms with Gasteiger partial charge in [-0.25, -0.2) is 10.2 Å². The number of carbonyl (C=O) groups excluding carboxylic acids is 1. The average molecular weight is 227 g/mol. The van der Waals surface area contributed by atoms with E-state index in [-0.39, 0.29) is 11.6 Å². The molecule has 0 saturated heterocycles. The molecule has 0 saturated carbocycles. The SMILES string of the molecule is COC(=O)NN=C(C)c1ccc([N+](=O)[O-])o1. The van der Waals surface area contributed by atoms with E-state index >= 15 is 0 Å². The number of hydrazone groups is 1. The highest BCUT2D eigenvalue weighted by molar-refractivity contribution is 5.96. The molecule has 0 fully saturated rings. The summed E-state index contributed by atoms with van der Waals surface area (Å²) in [6.45, 7) is 1.53. The highest BCUT2D eigenvalue weighted by Crippen LogP contribution is 2.15. The van der Waals surface area contributed by atoms with E-state index in [0.717, 1.165) is 0 Å². The molecule has 8 heteroatoms. The molecular weight excluding hydrogens is 218 g/mol. The van der Waals surface area contributed by atoms with Crippen LogP contribution < -0.4 is 5.43 Å². The first-order chi connectivity index (χ1) is 7.54. The lowest BCUT2D eigenvalue weighted by Crippen LogP contribution is -2.18. The average Bonchev–Trinajstić information content (AvgIpc) is 2.74. The molecule has 0 unspecified atom stereocenters. The van der Waals surface area contributed by atoms with Crippen LogP contribution in [0.3, 0.4) is 0 Å². The molecule has 0 atom stereocenters. The van der Waals surface area contributed by atoms with Crippen molar-refractivity contribution in [2.75, 3.05) is 7.11 Å². The highest BCUT2D eigenvalue weighted by Gasteiger charge is 2.13. The monoisotopic (exact) mass is 227 g/mol. The van der Waals surface area contributed by atoms with Gasteiger partial charge in [-0.3, -0.25) is 10.1 Å². The smallest absolute Gasteiger partial charge is 0.433 e. The van der Waals surface area contributed by atoms with Gasteiger partial charge in [0.2, 0.25) is 0 Å². The zero-order chi connectivity index (χ0) is 12.1. The first kappa shape index (κ1) is 11.7. The van der Waals surface area contributed by atoms with Crippen molar-refractivity contribution in [3.8, 4) is 0 Å². The summed E-state index contributed by atoms with van der Waals surface area (Å²) in [5.41, 5.74) is 2.36. The van der Waals surface area contributed by atoms with Gasteiger partial charge in [0.25, 0.3) is 0 Å². The van der Waals surface area contributed by atoms with Crippen molar-refractivity contribution in [3.05, 3.63) is 28.0 Å². The molecule has 1 aromatic rings. The maximum Gasteiger partial charge on any atom is 0.433 e. The third kappa shape index (κ3) is 2.80. The Bertz CT molecular complexity index is 437. The quantitative estimate of drug-likeness (QED) is 0.475. The molecule has 1 amide bonds. The molecule has 0 bridgehead atoms. The Morgan fingerprint density at radius 1 is 1.62 bits per heavy atom. The van der Waals surface area contributed by atoms with Crippen LogP contribution in [0.5, 0.6) is 0 Å². The fraction of sp³-hybridized carbons (Fsp3) is 0.250. The molecule has 1 N–H and O–H groups in total. The lowest BCUT2D eigenvalue weighted by Gasteiger charge is -1.97. The molecule has 0 aliphatic heterocycles. The van der Waals surface area contributed by atoms with Crippen LogP contribution in [0.1, 0.15) is 12.7 Å². The number of nitrogens with zero attached hydrogens (tertiary/aromatic N) is 2.